The lowest BCUT2D eigenvalue weighted by atomic mass is 10.1. The number of aliphatic hydroxyl groups is 1. The van der Waals surface area contributed by atoms with Crippen LogP contribution >= 0.6 is 15.6 Å². The van der Waals surface area contributed by atoms with Gasteiger partial charge in [0.05, 0.1) is 32.8 Å². The van der Waals surface area contributed by atoms with E-state index in [0.717, 1.165) is 154 Å². The first-order chi connectivity index (χ1) is 51.7. The van der Waals surface area contributed by atoms with Crippen LogP contribution in [0.5, 0.6) is 0 Å². The van der Waals surface area contributed by atoms with Gasteiger partial charge in [-0.1, -0.05) is 279 Å². The van der Waals surface area contributed by atoms with E-state index in [2.05, 4.69) is 204 Å². The Morgan fingerprint density at radius 2 is 0.519 bits per heavy atom. The van der Waals surface area contributed by atoms with E-state index in [1.165, 1.54) is 0 Å². The normalized spacial score (nSPS) is 15.0. The van der Waals surface area contributed by atoms with Crippen LogP contribution in [0, 0.1) is 0 Å². The van der Waals surface area contributed by atoms with Crippen LogP contribution < -0.4 is 0 Å². The van der Waals surface area contributed by atoms with Crippen LogP contribution in [0.3, 0.4) is 0 Å². The minimum Gasteiger partial charge on any atom is -0.462 e. The maximum Gasteiger partial charge on any atom is 0.472 e. The Hall–Kier alpha value is -6.62. The second-order valence-corrected chi connectivity index (χ2v) is 27.7. The lowest BCUT2D eigenvalue weighted by molar-refractivity contribution is -0.161. The van der Waals surface area contributed by atoms with Gasteiger partial charge in [0.25, 0.3) is 0 Å². The van der Waals surface area contributed by atoms with Gasteiger partial charge in [-0.25, -0.2) is 9.13 Å². The minimum atomic E-state index is -5.03. The highest BCUT2D eigenvalue weighted by Crippen LogP contribution is 2.45. The molecule has 0 aliphatic heterocycles. The first-order valence-electron chi connectivity index (χ1n) is 39.0. The van der Waals surface area contributed by atoms with Gasteiger partial charge >= 0.3 is 39.5 Å². The standard InChI is InChI=1S/C87H134O17P2/c1-5-9-13-17-21-25-29-33-37-39-40-42-46-48-52-56-60-64-68-72-85(90)98-78-83(104-87(92)74-70-66-62-58-54-50-44-36-32-28-24-20-16-12-8-4)80-102-106(95,96)100-76-81(88)75-99-105(93,94)101-79-82(103-86(91)73-69-65-61-57-53-49-43-35-31-27-23-19-15-11-7-3)77-97-84(89)71-67-63-59-55-51-47-45-41-38-34-30-26-22-18-14-10-6-2/h9-16,21-28,33-38,40,42-44,48,52-54,57-58,60,64,66,70,81-83,88H,5-8,17-20,29-32,39,41,45-47,49-51,55-56,59,61-63,65,67-69,71-80H2,1-4H3,(H,93,94)(H,95,96)/b13-9-,14-10-,15-11-,16-12-,25-21-,26-22-,27-23-,28-24-,37-33-,38-34-,42-40-,43-35-,44-36-,52-48-,57-53-,58-54-,64-60-,70-66-. The summed E-state index contributed by atoms with van der Waals surface area (Å²) in [4.78, 5) is 72.9. The van der Waals surface area contributed by atoms with Crippen molar-refractivity contribution in [2.75, 3.05) is 39.6 Å². The summed E-state index contributed by atoms with van der Waals surface area (Å²) in [6.07, 6.45) is 96.9. The number of phosphoric acid groups is 2. The van der Waals surface area contributed by atoms with Crippen molar-refractivity contribution < 1.29 is 80.2 Å². The monoisotopic (exact) mass is 1510 g/mol. The molecule has 0 rings (SSSR count). The van der Waals surface area contributed by atoms with Gasteiger partial charge in [-0.15, -0.1) is 0 Å². The van der Waals surface area contributed by atoms with E-state index in [9.17, 15) is 43.2 Å². The minimum absolute atomic E-state index is 0.00605. The highest BCUT2D eigenvalue weighted by molar-refractivity contribution is 7.47. The van der Waals surface area contributed by atoms with Crippen molar-refractivity contribution in [3.63, 3.8) is 0 Å². The van der Waals surface area contributed by atoms with E-state index >= 15 is 0 Å². The zero-order valence-electron chi connectivity index (χ0n) is 64.8. The number of aliphatic hydroxyl groups excluding tert-OH is 1. The predicted molar refractivity (Wildman–Crippen MR) is 435 cm³/mol. The maximum absolute atomic E-state index is 13.1. The summed E-state index contributed by atoms with van der Waals surface area (Å²) in [5, 5.41) is 10.6. The molecule has 0 amide bonds. The Labute approximate surface area is 639 Å². The highest BCUT2D eigenvalue weighted by Gasteiger charge is 2.30. The molecule has 0 radical (unpaired) electrons. The Balaban J connectivity index is 5.56. The van der Waals surface area contributed by atoms with E-state index < -0.39 is 97.5 Å². The van der Waals surface area contributed by atoms with E-state index in [0.29, 0.717) is 38.5 Å². The van der Waals surface area contributed by atoms with Crippen molar-refractivity contribution in [2.45, 2.75) is 264 Å². The number of esters is 4. The molecule has 0 aliphatic rings. The molecule has 0 aromatic heterocycles. The van der Waals surface area contributed by atoms with Gasteiger partial charge in [-0.3, -0.25) is 37.3 Å². The molecule has 0 aliphatic carbocycles. The number of hydrogen-bond acceptors (Lipinski definition) is 15. The third-order valence-corrected chi connectivity index (χ3v) is 16.9. The van der Waals surface area contributed by atoms with E-state index in [1.807, 2.05) is 30.4 Å². The summed E-state index contributed by atoms with van der Waals surface area (Å²) in [5.74, 6) is -2.51. The molecule has 0 heterocycles. The second kappa shape index (κ2) is 76.6. The molecule has 106 heavy (non-hydrogen) atoms. The molecule has 3 N–H and O–H groups in total. The average molecular weight is 1510 g/mol. The number of phosphoric ester groups is 2. The quantitative estimate of drug-likeness (QED) is 0.0169. The molecule has 0 aromatic rings. The molecule has 5 unspecified atom stereocenters. The lowest BCUT2D eigenvalue weighted by Gasteiger charge is -2.21. The Bertz CT molecular complexity index is 2880. The zero-order chi connectivity index (χ0) is 77.4. The Morgan fingerprint density at radius 3 is 0.868 bits per heavy atom. The van der Waals surface area contributed by atoms with Crippen LogP contribution in [-0.2, 0) is 65.4 Å². The molecule has 0 bridgehead atoms. The molecule has 0 spiro atoms. The van der Waals surface area contributed by atoms with Gasteiger partial charge in [0.2, 0.25) is 0 Å². The van der Waals surface area contributed by atoms with Gasteiger partial charge < -0.3 is 33.8 Å². The van der Waals surface area contributed by atoms with Crippen LogP contribution in [0.4, 0.5) is 0 Å². The molecule has 0 aromatic carbocycles. The Morgan fingerprint density at radius 1 is 0.274 bits per heavy atom. The zero-order valence-corrected chi connectivity index (χ0v) is 66.5. The van der Waals surface area contributed by atoms with Crippen molar-refractivity contribution in [3.05, 3.63) is 219 Å². The second-order valence-electron chi connectivity index (χ2n) is 24.8. The van der Waals surface area contributed by atoms with E-state index in [4.69, 9.17) is 37.0 Å². The smallest absolute Gasteiger partial charge is 0.462 e. The molecule has 0 saturated heterocycles. The van der Waals surface area contributed by atoms with Crippen LogP contribution in [0.25, 0.3) is 0 Å². The molecule has 19 heteroatoms. The van der Waals surface area contributed by atoms with Gasteiger partial charge in [0, 0.05) is 19.3 Å². The van der Waals surface area contributed by atoms with Crippen LogP contribution in [-0.4, -0.2) is 96.7 Å². The number of ether oxygens (including phenoxy) is 4. The molecule has 594 valence electrons. The number of unbranched alkanes of at least 4 members (excludes halogenated alkanes) is 9. The summed E-state index contributed by atoms with van der Waals surface area (Å²) in [6.45, 7) is 4.11. The maximum atomic E-state index is 13.1. The summed E-state index contributed by atoms with van der Waals surface area (Å²) >= 11 is 0. The number of rotatable bonds is 70. The van der Waals surface area contributed by atoms with Gasteiger partial charge in [-0.05, 0) is 161 Å². The number of allylic oxidation sites excluding steroid dienone is 35. The highest BCUT2D eigenvalue weighted by atomic mass is 31.2. The van der Waals surface area contributed by atoms with Gasteiger partial charge in [0.1, 0.15) is 19.3 Å². The topological polar surface area (TPSA) is 237 Å². The average Bonchev–Trinajstić information content (AvgIpc) is 0.909. The number of carbonyl (C=O) groups is 4. The summed E-state index contributed by atoms with van der Waals surface area (Å²) in [5.41, 5.74) is 0. The summed E-state index contributed by atoms with van der Waals surface area (Å²) in [6, 6.07) is 0. The third-order valence-electron chi connectivity index (χ3n) is 15.0. The fourth-order valence-corrected chi connectivity index (χ4v) is 10.8. The SMILES string of the molecule is CC/C=C\C/C=C\C/C=C\C/C=C\C/C=C\C/C=C\CCC(=O)OCC(COP(=O)(O)OCC(O)COP(=O)(O)OCC(COC(=O)CCCCCCCCC/C=C\C/C=C\C/C=C\CC)OC(=O)CCCC/C=C\C/C=C\C/C=C\C/C=C\CC)OC(=O)C/C=C\C/C=C\C/C=C\C/C=C\C/C=C\CC. The molecule has 0 saturated carbocycles. The number of hydrogen-bond donors (Lipinski definition) is 3. The van der Waals surface area contributed by atoms with Gasteiger partial charge in [-0.2, -0.15) is 0 Å². The van der Waals surface area contributed by atoms with Crippen molar-refractivity contribution in [1.82, 2.24) is 0 Å². The molecular weight excluding hydrogens is 1380 g/mol. The van der Waals surface area contributed by atoms with Crippen molar-refractivity contribution in [3.8, 4) is 0 Å². The lowest BCUT2D eigenvalue weighted by Crippen LogP contribution is -2.30. The largest absolute Gasteiger partial charge is 0.472 e. The third kappa shape index (κ3) is 75.6. The van der Waals surface area contributed by atoms with Crippen molar-refractivity contribution in [1.29, 1.82) is 0 Å². The van der Waals surface area contributed by atoms with E-state index in [1.54, 1.807) is 12.2 Å². The summed E-state index contributed by atoms with van der Waals surface area (Å²) in [7, 11) is -10.0. The summed E-state index contributed by atoms with van der Waals surface area (Å²) < 4.78 is 68.3. The fraction of sp³-hybridized carbons (Fsp3) is 0.540. The van der Waals surface area contributed by atoms with Crippen molar-refractivity contribution >= 4 is 39.5 Å². The van der Waals surface area contributed by atoms with Crippen LogP contribution in [0.15, 0.2) is 219 Å². The Kier molecular flexibility index (Phi) is 71.8. The molecule has 5 atom stereocenters. The van der Waals surface area contributed by atoms with Crippen LogP contribution in [0.2, 0.25) is 0 Å². The van der Waals surface area contributed by atoms with Crippen molar-refractivity contribution in [2.24, 2.45) is 0 Å². The number of carbonyl (C=O) groups excluding carboxylic acids is 4. The molecule has 0 fully saturated rings. The van der Waals surface area contributed by atoms with Gasteiger partial charge in [0.15, 0.2) is 12.2 Å². The van der Waals surface area contributed by atoms with Crippen LogP contribution in [0.1, 0.15) is 246 Å². The first-order valence-corrected chi connectivity index (χ1v) is 42.0. The molecule has 17 nitrogen and oxygen atoms in total. The predicted octanol–water partition coefficient (Wildman–Crippen LogP) is 22.9. The fourth-order valence-electron chi connectivity index (χ4n) is 9.21. The van der Waals surface area contributed by atoms with E-state index in [-0.39, 0.29) is 25.7 Å². The first kappa shape index (κ1) is 99.4. The molecular formula is C87H134O17P2.